The smallest absolute Gasteiger partial charge is 0.115 e. The van der Waals surface area contributed by atoms with E-state index < -0.39 is 0 Å². The lowest BCUT2D eigenvalue weighted by molar-refractivity contribution is 0.122. The minimum absolute atomic E-state index is 0.337. The number of anilines is 1. The fraction of sp³-hybridized carbons (Fsp3) is 0.538. The highest BCUT2D eigenvalue weighted by atomic mass is 16.5. The molecule has 0 bridgehead atoms. The predicted octanol–water partition coefficient (Wildman–Crippen LogP) is 1.85. The lowest BCUT2D eigenvalue weighted by Gasteiger charge is -2.28. The number of fused-ring (bicyclic) bond motifs is 1. The van der Waals surface area contributed by atoms with Gasteiger partial charge in [0.2, 0.25) is 0 Å². The number of aromatic nitrogens is 3. The summed E-state index contributed by atoms with van der Waals surface area (Å²) in [6.45, 7) is 7.73. The molecular weight excluding hydrogens is 228 g/mol. The summed E-state index contributed by atoms with van der Waals surface area (Å²) in [5.41, 5.74) is 3.27. The van der Waals surface area contributed by atoms with Crippen molar-refractivity contribution >= 4 is 16.7 Å². The third kappa shape index (κ3) is 1.95. The van der Waals surface area contributed by atoms with Crippen molar-refractivity contribution in [2.24, 2.45) is 0 Å². The van der Waals surface area contributed by atoms with Crippen LogP contribution in [-0.4, -0.2) is 41.3 Å². The third-order valence-electron chi connectivity index (χ3n) is 3.32. The molecular formula is C13H18N4O. The van der Waals surface area contributed by atoms with Crippen molar-refractivity contribution < 1.29 is 4.74 Å². The summed E-state index contributed by atoms with van der Waals surface area (Å²) in [5, 5.41) is 8.45. The predicted molar refractivity (Wildman–Crippen MR) is 70.9 cm³/mol. The molecule has 3 rings (SSSR count). The fourth-order valence-corrected chi connectivity index (χ4v) is 2.33. The summed E-state index contributed by atoms with van der Waals surface area (Å²) in [6.07, 6.45) is 0. The minimum Gasteiger partial charge on any atom is -0.378 e. The Morgan fingerprint density at radius 1 is 1.22 bits per heavy atom. The lowest BCUT2D eigenvalue weighted by Crippen LogP contribution is -2.36. The first-order valence-electron chi connectivity index (χ1n) is 6.43. The molecule has 1 aromatic heterocycles. The van der Waals surface area contributed by atoms with Crippen LogP contribution in [0.25, 0.3) is 11.0 Å². The van der Waals surface area contributed by atoms with E-state index in [1.165, 1.54) is 5.69 Å². The molecule has 0 aliphatic carbocycles. The van der Waals surface area contributed by atoms with E-state index in [9.17, 15) is 0 Å². The number of morpholine rings is 1. The molecule has 0 saturated carbocycles. The average molecular weight is 246 g/mol. The quantitative estimate of drug-likeness (QED) is 0.811. The number of ether oxygens (including phenoxy) is 1. The van der Waals surface area contributed by atoms with Crippen molar-refractivity contribution in [1.82, 2.24) is 15.0 Å². The second-order valence-corrected chi connectivity index (χ2v) is 4.90. The number of rotatable bonds is 2. The van der Waals surface area contributed by atoms with Crippen molar-refractivity contribution in [3.8, 4) is 0 Å². The topological polar surface area (TPSA) is 43.2 Å². The summed E-state index contributed by atoms with van der Waals surface area (Å²) in [4.78, 5) is 2.33. The third-order valence-corrected chi connectivity index (χ3v) is 3.32. The number of benzene rings is 1. The molecule has 1 aliphatic heterocycles. The van der Waals surface area contributed by atoms with Gasteiger partial charge in [0.1, 0.15) is 5.52 Å². The largest absolute Gasteiger partial charge is 0.378 e. The molecule has 1 saturated heterocycles. The maximum absolute atomic E-state index is 5.37. The van der Waals surface area contributed by atoms with Crippen molar-refractivity contribution in [3.63, 3.8) is 0 Å². The molecule has 5 heteroatoms. The Bertz CT molecular complexity index is 543. The molecule has 2 heterocycles. The summed E-state index contributed by atoms with van der Waals surface area (Å²) < 4.78 is 7.33. The Labute approximate surface area is 106 Å². The molecule has 1 aliphatic rings. The number of nitrogens with zero attached hydrogens (tertiary/aromatic N) is 4. The van der Waals surface area contributed by atoms with E-state index in [2.05, 4.69) is 47.3 Å². The van der Waals surface area contributed by atoms with Gasteiger partial charge in [-0.15, -0.1) is 5.10 Å². The van der Waals surface area contributed by atoms with E-state index in [0.717, 1.165) is 37.3 Å². The Morgan fingerprint density at radius 3 is 2.72 bits per heavy atom. The van der Waals surface area contributed by atoms with Crippen LogP contribution in [0.4, 0.5) is 5.69 Å². The Morgan fingerprint density at radius 2 is 2.00 bits per heavy atom. The van der Waals surface area contributed by atoms with Crippen LogP contribution in [0.3, 0.4) is 0 Å². The van der Waals surface area contributed by atoms with Gasteiger partial charge in [-0.1, -0.05) is 5.21 Å². The van der Waals surface area contributed by atoms with Gasteiger partial charge in [0.25, 0.3) is 0 Å². The van der Waals surface area contributed by atoms with Crippen molar-refractivity contribution in [2.45, 2.75) is 19.9 Å². The highest BCUT2D eigenvalue weighted by Gasteiger charge is 2.13. The van der Waals surface area contributed by atoms with Crippen molar-refractivity contribution in [1.29, 1.82) is 0 Å². The van der Waals surface area contributed by atoms with Gasteiger partial charge in [0.15, 0.2) is 0 Å². The van der Waals surface area contributed by atoms with Gasteiger partial charge in [-0.2, -0.15) is 0 Å². The molecule has 1 fully saturated rings. The second kappa shape index (κ2) is 4.57. The van der Waals surface area contributed by atoms with E-state index in [1.54, 1.807) is 0 Å². The van der Waals surface area contributed by atoms with Gasteiger partial charge in [-0.3, -0.25) is 0 Å². The van der Waals surface area contributed by atoms with E-state index in [-0.39, 0.29) is 0 Å². The zero-order valence-corrected chi connectivity index (χ0v) is 10.8. The van der Waals surface area contributed by atoms with Crippen LogP contribution < -0.4 is 4.90 Å². The molecule has 5 nitrogen and oxygen atoms in total. The van der Waals surface area contributed by atoms with Gasteiger partial charge in [-0.25, -0.2) is 4.68 Å². The van der Waals surface area contributed by atoms with E-state index >= 15 is 0 Å². The molecule has 0 atom stereocenters. The van der Waals surface area contributed by atoms with Gasteiger partial charge >= 0.3 is 0 Å². The summed E-state index contributed by atoms with van der Waals surface area (Å²) in [5.74, 6) is 0. The number of hydrogen-bond acceptors (Lipinski definition) is 4. The fourth-order valence-electron chi connectivity index (χ4n) is 2.33. The highest BCUT2D eigenvalue weighted by Crippen LogP contribution is 2.22. The Kier molecular flexibility index (Phi) is 2.91. The maximum Gasteiger partial charge on any atom is 0.115 e. The lowest BCUT2D eigenvalue weighted by atomic mass is 10.2. The van der Waals surface area contributed by atoms with Gasteiger partial charge in [-0.05, 0) is 32.0 Å². The first-order valence-corrected chi connectivity index (χ1v) is 6.43. The van der Waals surface area contributed by atoms with Gasteiger partial charge in [0.05, 0.1) is 18.7 Å². The molecule has 18 heavy (non-hydrogen) atoms. The van der Waals surface area contributed by atoms with E-state index in [4.69, 9.17) is 4.74 Å². The normalized spacial score (nSPS) is 16.7. The minimum atomic E-state index is 0.337. The van der Waals surface area contributed by atoms with Crippen LogP contribution in [0.5, 0.6) is 0 Å². The molecule has 0 N–H and O–H groups in total. The first kappa shape index (κ1) is 11.5. The van der Waals surface area contributed by atoms with Crippen LogP contribution in [0.15, 0.2) is 18.2 Å². The maximum atomic E-state index is 5.37. The van der Waals surface area contributed by atoms with Crippen molar-refractivity contribution in [3.05, 3.63) is 18.2 Å². The molecule has 0 unspecified atom stereocenters. The Balaban J connectivity index is 1.96. The molecule has 1 aromatic carbocycles. The van der Waals surface area contributed by atoms with E-state index in [0.29, 0.717) is 6.04 Å². The Hall–Kier alpha value is -1.62. The molecule has 96 valence electrons. The molecule has 0 spiro atoms. The van der Waals surface area contributed by atoms with Crippen LogP contribution in [0.2, 0.25) is 0 Å². The average Bonchev–Trinajstić information content (AvgIpc) is 2.82. The van der Waals surface area contributed by atoms with Crippen LogP contribution in [0, 0.1) is 0 Å². The monoisotopic (exact) mass is 246 g/mol. The standard InChI is InChI=1S/C13H18N4O/c1-10(2)17-13-4-3-11(9-12(13)14-15-17)16-5-7-18-8-6-16/h3-4,9-10H,5-8H2,1-2H3. The molecule has 2 aromatic rings. The first-order chi connectivity index (χ1) is 8.75. The summed E-state index contributed by atoms with van der Waals surface area (Å²) >= 11 is 0. The SMILES string of the molecule is CC(C)n1nnc2cc(N3CCOCC3)ccc21. The zero-order chi connectivity index (χ0) is 12.5. The van der Waals surface area contributed by atoms with E-state index in [1.807, 2.05) is 4.68 Å². The highest BCUT2D eigenvalue weighted by molar-refractivity contribution is 5.79. The zero-order valence-electron chi connectivity index (χ0n) is 10.8. The number of hydrogen-bond donors (Lipinski definition) is 0. The summed E-state index contributed by atoms with van der Waals surface area (Å²) in [7, 11) is 0. The van der Waals surface area contributed by atoms with Crippen LogP contribution in [-0.2, 0) is 4.74 Å². The van der Waals surface area contributed by atoms with Crippen LogP contribution >= 0.6 is 0 Å². The van der Waals surface area contributed by atoms with Crippen molar-refractivity contribution in [2.75, 3.05) is 31.2 Å². The van der Waals surface area contributed by atoms with Gasteiger partial charge in [0, 0.05) is 24.8 Å². The molecule has 0 amide bonds. The van der Waals surface area contributed by atoms with Crippen LogP contribution in [0.1, 0.15) is 19.9 Å². The summed E-state index contributed by atoms with van der Waals surface area (Å²) in [6, 6.07) is 6.71. The second-order valence-electron chi connectivity index (χ2n) is 4.90. The van der Waals surface area contributed by atoms with Gasteiger partial charge < -0.3 is 9.64 Å². The molecule has 0 radical (unpaired) electrons.